The molecule has 2 N–H and O–H groups in total. The molecular formula is C20H29N3O2. The minimum Gasteiger partial charge on any atom is -0.336 e. The lowest BCUT2D eigenvalue weighted by Gasteiger charge is -2.39. The molecule has 136 valence electrons. The summed E-state index contributed by atoms with van der Waals surface area (Å²) in [6, 6.07) is 5.94. The number of para-hydroxylation sites is 1. The number of likely N-dealkylation sites (N-methyl/N-ethyl adjacent to an activating group) is 1. The maximum absolute atomic E-state index is 13.1. The molecule has 0 radical (unpaired) electrons. The number of carbonyl (C=O) groups excluding carboxylic acids is 2. The molecule has 2 atom stereocenters. The Bertz CT molecular complexity index is 653. The van der Waals surface area contributed by atoms with Crippen LogP contribution in [-0.2, 0) is 9.59 Å². The lowest BCUT2D eigenvalue weighted by Crippen LogP contribution is -2.50. The number of anilines is 1. The second kappa shape index (κ2) is 7.16. The Morgan fingerprint density at radius 3 is 2.72 bits per heavy atom. The molecule has 1 saturated carbocycles. The lowest BCUT2D eigenvalue weighted by molar-refractivity contribution is -0.145. The first-order chi connectivity index (χ1) is 11.9. The zero-order valence-electron chi connectivity index (χ0n) is 15.5. The van der Waals surface area contributed by atoms with Gasteiger partial charge in [0.1, 0.15) is 0 Å². The van der Waals surface area contributed by atoms with Gasteiger partial charge in [-0.1, -0.05) is 31.0 Å². The highest BCUT2D eigenvalue weighted by molar-refractivity contribution is 5.96. The second-order valence-electron chi connectivity index (χ2n) is 7.71. The summed E-state index contributed by atoms with van der Waals surface area (Å²) in [5.41, 5.74) is 2.62. The van der Waals surface area contributed by atoms with Gasteiger partial charge < -0.3 is 15.5 Å². The standard InChI is InChI=1S/C20H29N3O2/c1-14-7-6-8-15(2)18(14)22-17(24)12-23(3)19(25)20-10-5-4-9-16(20)11-21-13-20/h6-8,16,21H,4-5,9-13H2,1-3H3,(H,22,24)/t16-,20+/m0/s1. The predicted octanol–water partition coefficient (Wildman–Crippen LogP) is 2.48. The van der Waals surface area contributed by atoms with E-state index in [0.717, 1.165) is 49.2 Å². The molecule has 2 aliphatic rings. The first-order valence-electron chi connectivity index (χ1n) is 9.26. The van der Waals surface area contributed by atoms with Gasteiger partial charge in [-0.2, -0.15) is 0 Å². The predicted molar refractivity (Wildman–Crippen MR) is 99.4 cm³/mol. The molecule has 5 nitrogen and oxygen atoms in total. The fraction of sp³-hybridized carbons (Fsp3) is 0.600. The van der Waals surface area contributed by atoms with Crippen molar-refractivity contribution in [2.24, 2.45) is 11.3 Å². The van der Waals surface area contributed by atoms with E-state index in [9.17, 15) is 9.59 Å². The van der Waals surface area contributed by atoms with Crippen LogP contribution in [-0.4, -0.2) is 43.4 Å². The highest BCUT2D eigenvalue weighted by atomic mass is 16.2. The zero-order valence-corrected chi connectivity index (χ0v) is 15.5. The molecule has 25 heavy (non-hydrogen) atoms. The van der Waals surface area contributed by atoms with Crippen molar-refractivity contribution in [3.8, 4) is 0 Å². The van der Waals surface area contributed by atoms with Crippen molar-refractivity contribution in [2.45, 2.75) is 39.5 Å². The van der Waals surface area contributed by atoms with Gasteiger partial charge in [-0.05, 0) is 50.3 Å². The summed E-state index contributed by atoms with van der Waals surface area (Å²) in [4.78, 5) is 27.2. The normalized spacial score (nSPS) is 25.3. The number of aryl methyl sites for hydroxylation is 2. The molecular weight excluding hydrogens is 314 g/mol. The lowest BCUT2D eigenvalue weighted by atomic mass is 9.67. The molecule has 1 aromatic rings. The monoisotopic (exact) mass is 343 g/mol. The second-order valence-corrected chi connectivity index (χ2v) is 7.71. The van der Waals surface area contributed by atoms with Crippen molar-refractivity contribution >= 4 is 17.5 Å². The molecule has 1 aliphatic carbocycles. The first kappa shape index (κ1) is 17.9. The van der Waals surface area contributed by atoms with E-state index in [0.29, 0.717) is 5.92 Å². The van der Waals surface area contributed by atoms with Gasteiger partial charge in [0.2, 0.25) is 11.8 Å². The number of amides is 2. The topological polar surface area (TPSA) is 61.4 Å². The number of rotatable bonds is 4. The summed E-state index contributed by atoms with van der Waals surface area (Å²) in [7, 11) is 1.76. The van der Waals surface area contributed by atoms with Gasteiger partial charge in [-0.15, -0.1) is 0 Å². The van der Waals surface area contributed by atoms with Gasteiger partial charge in [0.25, 0.3) is 0 Å². The summed E-state index contributed by atoms with van der Waals surface area (Å²) in [6.07, 6.45) is 4.36. The molecule has 2 amide bonds. The third-order valence-corrected chi connectivity index (χ3v) is 5.94. The summed E-state index contributed by atoms with van der Waals surface area (Å²) in [6.45, 7) is 5.73. The smallest absolute Gasteiger partial charge is 0.243 e. The summed E-state index contributed by atoms with van der Waals surface area (Å²) < 4.78 is 0. The van der Waals surface area contributed by atoms with Crippen LogP contribution < -0.4 is 10.6 Å². The van der Waals surface area contributed by atoms with Crippen LogP contribution in [0, 0.1) is 25.2 Å². The van der Waals surface area contributed by atoms with E-state index in [4.69, 9.17) is 0 Å². The van der Waals surface area contributed by atoms with Crippen molar-refractivity contribution in [2.75, 3.05) is 32.0 Å². The van der Waals surface area contributed by atoms with Gasteiger partial charge in [-0.3, -0.25) is 9.59 Å². The van der Waals surface area contributed by atoms with Gasteiger partial charge in [-0.25, -0.2) is 0 Å². The maximum Gasteiger partial charge on any atom is 0.243 e. The first-order valence-corrected chi connectivity index (χ1v) is 9.26. The van der Waals surface area contributed by atoms with Crippen molar-refractivity contribution in [3.05, 3.63) is 29.3 Å². The Morgan fingerprint density at radius 2 is 2.00 bits per heavy atom. The number of nitrogens with one attached hydrogen (secondary N) is 2. The SMILES string of the molecule is Cc1cccc(C)c1NC(=O)CN(C)C(=O)[C@@]12CCCC[C@H]1CNC2. The molecule has 1 aliphatic heterocycles. The molecule has 2 fully saturated rings. The minimum atomic E-state index is -0.300. The molecule has 0 aromatic heterocycles. The Labute approximate surface area is 150 Å². The fourth-order valence-electron chi connectivity index (χ4n) is 4.53. The van der Waals surface area contributed by atoms with Crippen molar-refractivity contribution in [1.82, 2.24) is 10.2 Å². The van der Waals surface area contributed by atoms with Crippen molar-refractivity contribution in [3.63, 3.8) is 0 Å². The van der Waals surface area contributed by atoms with Gasteiger partial charge in [0.15, 0.2) is 0 Å². The van der Waals surface area contributed by atoms with Gasteiger partial charge in [0, 0.05) is 19.3 Å². The Hall–Kier alpha value is -1.88. The Balaban J connectivity index is 1.66. The van der Waals surface area contributed by atoms with Crippen LogP contribution in [0.5, 0.6) is 0 Å². The van der Waals surface area contributed by atoms with E-state index in [2.05, 4.69) is 10.6 Å². The molecule has 5 heteroatoms. The van der Waals surface area contributed by atoms with Crippen molar-refractivity contribution < 1.29 is 9.59 Å². The van der Waals surface area contributed by atoms with E-state index < -0.39 is 0 Å². The number of nitrogens with zero attached hydrogens (tertiary/aromatic N) is 1. The number of fused-ring (bicyclic) bond motifs is 1. The van der Waals surface area contributed by atoms with E-state index in [1.165, 1.54) is 6.42 Å². The van der Waals surface area contributed by atoms with Crippen LogP contribution in [0.2, 0.25) is 0 Å². The van der Waals surface area contributed by atoms with Crippen LogP contribution in [0.3, 0.4) is 0 Å². The molecule has 0 spiro atoms. The highest BCUT2D eigenvalue weighted by Crippen LogP contribution is 2.44. The van der Waals surface area contributed by atoms with Crippen LogP contribution in [0.25, 0.3) is 0 Å². The van der Waals surface area contributed by atoms with Gasteiger partial charge >= 0.3 is 0 Å². The van der Waals surface area contributed by atoms with E-state index in [1.54, 1.807) is 11.9 Å². The number of hydrogen-bond acceptors (Lipinski definition) is 3. The minimum absolute atomic E-state index is 0.0983. The van der Waals surface area contributed by atoms with Crippen LogP contribution in [0.4, 0.5) is 5.69 Å². The summed E-state index contributed by atoms with van der Waals surface area (Å²) >= 11 is 0. The Kier molecular flexibility index (Phi) is 5.13. The number of benzene rings is 1. The number of carbonyl (C=O) groups is 2. The largest absolute Gasteiger partial charge is 0.336 e. The number of hydrogen-bond donors (Lipinski definition) is 2. The Morgan fingerprint density at radius 1 is 1.28 bits per heavy atom. The quantitative estimate of drug-likeness (QED) is 0.883. The zero-order chi connectivity index (χ0) is 18.0. The average molecular weight is 343 g/mol. The molecule has 1 heterocycles. The molecule has 3 rings (SSSR count). The van der Waals surface area contributed by atoms with Gasteiger partial charge in [0.05, 0.1) is 12.0 Å². The fourth-order valence-corrected chi connectivity index (χ4v) is 4.53. The van der Waals surface area contributed by atoms with Crippen LogP contribution in [0.1, 0.15) is 36.8 Å². The van der Waals surface area contributed by atoms with Crippen molar-refractivity contribution in [1.29, 1.82) is 0 Å². The van der Waals surface area contributed by atoms with Crippen LogP contribution >= 0.6 is 0 Å². The summed E-state index contributed by atoms with van der Waals surface area (Å²) in [5, 5.41) is 6.38. The van der Waals surface area contributed by atoms with E-state index in [-0.39, 0.29) is 23.8 Å². The molecule has 0 unspecified atom stereocenters. The highest BCUT2D eigenvalue weighted by Gasteiger charge is 2.50. The molecule has 1 saturated heterocycles. The third-order valence-electron chi connectivity index (χ3n) is 5.94. The molecule has 1 aromatic carbocycles. The van der Waals surface area contributed by atoms with E-state index in [1.807, 2.05) is 32.0 Å². The summed E-state index contributed by atoms with van der Waals surface area (Å²) in [5.74, 6) is 0.402. The van der Waals surface area contributed by atoms with Crippen LogP contribution in [0.15, 0.2) is 18.2 Å². The van der Waals surface area contributed by atoms with E-state index >= 15 is 0 Å². The average Bonchev–Trinajstić information content (AvgIpc) is 3.02. The third kappa shape index (κ3) is 3.43. The maximum atomic E-state index is 13.1. The molecule has 0 bridgehead atoms.